The van der Waals surface area contributed by atoms with Crippen LogP contribution in [0.4, 0.5) is 0 Å². The number of benzene rings is 1. The first-order chi connectivity index (χ1) is 13.9. The molecular formula is C22H37IN6S. The van der Waals surface area contributed by atoms with Gasteiger partial charge in [0.1, 0.15) is 12.4 Å². The molecular weight excluding hydrogens is 507 g/mol. The number of aliphatic imine (C=N–C) groups is 1. The molecule has 1 aromatic heterocycles. The summed E-state index contributed by atoms with van der Waals surface area (Å²) in [7, 11) is 1.97. The van der Waals surface area contributed by atoms with Crippen LogP contribution in [0.15, 0.2) is 29.3 Å². The fraction of sp³-hybridized carbons (Fsp3) is 0.591. The normalized spacial score (nSPS) is 12.6. The van der Waals surface area contributed by atoms with E-state index in [-0.39, 0.29) is 30.0 Å². The van der Waals surface area contributed by atoms with Crippen LogP contribution in [0.1, 0.15) is 56.0 Å². The van der Waals surface area contributed by atoms with Crippen molar-refractivity contribution in [2.45, 2.75) is 53.1 Å². The topological polar surface area (TPSA) is 67.1 Å². The lowest BCUT2D eigenvalue weighted by atomic mass is 10.00. The van der Waals surface area contributed by atoms with Crippen molar-refractivity contribution in [3.8, 4) is 0 Å². The molecule has 8 heteroatoms. The van der Waals surface area contributed by atoms with Gasteiger partial charge >= 0.3 is 0 Å². The third-order valence-corrected chi connectivity index (χ3v) is 5.55. The molecule has 0 fully saturated rings. The van der Waals surface area contributed by atoms with E-state index >= 15 is 0 Å². The minimum atomic E-state index is 0. The van der Waals surface area contributed by atoms with E-state index in [1.54, 1.807) is 0 Å². The summed E-state index contributed by atoms with van der Waals surface area (Å²) < 4.78 is 1.98. The van der Waals surface area contributed by atoms with Crippen LogP contribution in [0, 0.1) is 12.8 Å². The second-order valence-corrected chi connectivity index (χ2v) is 8.85. The maximum atomic E-state index is 4.75. The quantitative estimate of drug-likeness (QED) is 0.200. The van der Waals surface area contributed by atoms with Gasteiger partial charge in [-0.3, -0.25) is 0 Å². The molecule has 0 aliphatic heterocycles. The first-order valence-corrected chi connectivity index (χ1v) is 11.8. The second-order valence-electron chi connectivity index (χ2n) is 7.87. The Morgan fingerprint density at radius 3 is 2.43 bits per heavy atom. The van der Waals surface area contributed by atoms with Crippen LogP contribution in [0.3, 0.4) is 0 Å². The third kappa shape index (κ3) is 8.83. The summed E-state index contributed by atoms with van der Waals surface area (Å²) in [6, 6.07) is 9.06. The Morgan fingerprint density at radius 1 is 1.17 bits per heavy atom. The van der Waals surface area contributed by atoms with Crippen molar-refractivity contribution in [3.05, 3.63) is 47.0 Å². The zero-order valence-corrected chi connectivity index (χ0v) is 22.3. The summed E-state index contributed by atoms with van der Waals surface area (Å²) in [6.45, 7) is 10.0. The zero-order chi connectivity index (χ0) is 21.2. The number of nitrogens with one attached hydrogen (secondary N) is 2. The largest absolute Gasteiger partial charge is 0.356 e. The van der Waals surface area contributed by atoms with E-state index in [0.29, 0.717) is 12.5 Å². The molecule has 6 nitrogen and oxygen atoms in total. The molecule has 0 radical (unpaired) electrons. The average Bonchev–Trinajstić information content (AvgIpc) is 3.01. The van der Waals surface area contributed by atoms with Crippen LogP contribution in [0.5, 0.6) is 0 Å². The number of aromatic nitrogens is 3. The minimum Gasteiger partial charge on any atom is -0.356 e. The number of hydrogen-bond acceptors (Lipinski definition) is 4. The SMILES string of the molecule is CSCCCNC(=NCc1nnc(C)n1C)NC(C)c1ccc(CC(C)C)cc1.I. The van der Waals surface area contributed by atoms with Gasteiger partial charge in [0.25, 0.3) is 0 Å². The van der Waals surface area contributed by atoms with Gasteiger partial charge in [0.15, 0.2) is 11.8 Å². The fourth-order valence-electron chi connectivity index (χ4n) is 3.02. The molecule has 2 aromatic rings. The van der Waals surface area contributed by atoms with Crippen molar-refractivity contribution in [1.29, 1.82) is 0 Å². The molecule has 30 heavy (non-hydrogen) atoms. The van der Waals surface area contributed by atoms with Crippen LogP contribution in [-0.2, 0) is 20.0 Å². The van der Waals surface area contributed by atoms with Crippen LogP contribution in [0.2, 0.25) is 0 Å². The first-order valence-electron chi connectivity index (χ1n) is 10.4. The number of nitrogens with zero attached hydrogens (tertiary/aromatic N) is 4. The predicted molar refractivity (Wildman–Crippen MR) is 140 cm³/mol. The molecule has 1 heterocycles. The molecule has 1 unspecified atom stereocenters. The van der Waals surface area contributed by atoms with Gasteiger partial charge in [0, 0.05) is 13.6 Å². The van der Waals surface area contributed by atoms with Crippen LogP contribution < -0.4 is 10.6 Å². The maximum Gasteiger partial charge on any atom is 0.192 e. The van der Waals surface area contributed by atoms with Crippen LogP contribution >= 0.6 is 35.7 Å². The molecule has 0 amide bonds. The van der Waals surface area contributed by atoms with E-state index in [1.165, 1.54) is 11.1 Å². The van der Waals surface area contributed by atoms with Gasteiger partial charge in [-0.2, -0.15) is 11.8 Å². The van der Waals surface area contributed by atoms with Gasteiger partial charge in [-0.1, -0.05) is 38.1 Å². The van der Waals surface area contributed by atoms with Gasteiger partial charge in [0.2, 0.25) is 0 Å². The Morgan fingerprint density at radius 2 is 1.87 bits per heavy atom. The molecule has 0 aliphatic rings. The predicted octanol–water partition coefficient (Wildman–Crippen LogP) is 4.49. The Bertz CT molecular complexity index is 772. The number of aryl methyl sites for hydroxylation is 1. The summed E-state index contributed by atoms with van der Waals surface area (Å²) in [5, 5.41) is 15.3. The molecule has 0 bridgehead atoms. The number of halogens is 1. The average molecular weight is 545 g/mol. The van der Waals surface area contributed by atoms with E-state index < -0.39 is 0 Å². The molecule has 2 N–H and O–H groups in total. The zero-order valence-electron chi connectivity index (χ0n) is 19.1. The van der Waals surface area contributed by atoms with Gasteiger partial charge in [-0.25, -0.2) is 4.99 Å². The van der Waals surface area contributed by atoms with Gasteiger partial charge in [0.05, 0.1) is 6.04 Å². The first kappa shape index (κ1) is 26.7. The maximum absolute atomic E-state index is 4.75. The summed E-state index contributed by atoms with van der Waals surface area (Å²) in [5.74, 6) is 4.37. The number of thioether (sulfide) groups is 1. The smallest absolute Gasteiger partial charge is 0.192 e. The van der Waals surface area contributed by atoms with Gasteiger partial charge in [-0.15, -0.1) is 34.2 Å². The summed E-state index contributed by atoms with van der Waals surface area (Å²) >= 11 is 1.86. The van der Waals surface area contributed by atoms with Gasteiger partial charge in [-0.05, 0) is 55.7 Å². The van der Waals surface area contributed by atoms with E-state index in [4.69, 9.17) is 4.99 Å². The molecule has 0 saturated heterocycles. The molecule has 1 atom stereocenters. The summed E-state index contributed by atoms with van der Waals surface area (Å²) in [5.41, 5.74) is 2.64. The third-order valence-electron chi connectivity index (χ3n) is 4.86. The highest BCUT2D eigenvalue weighted by molar-refractivity contribution is 14.0. The van der Waals surface area contributed by atoms with E-state index in [0.717, 1.165) is 42.7 Å². The highest BCUT2D eigenvalue weighted by atomic mass is 127. The highest BCUT2D eigenvalue weighted by Crippen LogP contribution is 2.15. The lowest BCUT2D eigenvalue weighted by Crippen LogP contribution is -2.39. The van der Waals surface area contributed by atoms with Crippen molar-refractivity contribution in [2.75, 3.05) is 18.6 Å². The van der Waals surface area contributed by atoms with Crippen LogP contribution in [-0.4, -0.2) is 39.3 Å². The standard InChI is InChI=1S/C22H36N6S.HI/c1-16(2)14-19-8-10-20(11-9-19)17(3)25-22(23-12-7-13-29-6)24-15-21-27-26-18(4)28(21)5;/h8-11,16-17H,7,12-15H2,1-6H3,(H2,23,24,25);1H. The monoisotopic (exact) mass is 544 g/mol. The van der Waals surface area contributed by atoms with Gasteiger partial charge < -0.3 is 15.2 Å². The fourth-order valence-corrected chi connectivity index (χ4v) is 3.45. The van der Waals surface area contributed by atoms with E-state index in [1.807, 2.05) is 30.3 Å². The molecule has 0 saturated carbocycles. The Balaban J connectivity index is 0.00000450. The van der Waals surface area contributed by atoms with Crippen molar-refractivity contribution in [1.82, 2.24) is 25.4 Å². The summed E-state index contributed by atoms with van der Waals surface area (Å²) in [4.78, 5) is 4.75. The van der Waals surface area contributed by atoms with E-state index in [9.17, 15) is 0 Å². The Labute approximate surface area is 203 Å². The number of rotatable bonds is 10. The molecule has 1 aromatic carbocycles. The lowest BCUT2D eigenvalue weighted by molar-refractivity contribution is 0.645. The van der Waals surface area contributed by atoms with E-state index in [2.05, 4.69) is 72.1 Å². The highest BCUT2D eigenvalue weighted by Gasteiger charge is 2.10. The minimum absolute atomic E-state index is 0. The summed E-state index contributed by atoms with van der Waals surface area (Å²) in [6.07, 6.45) is 4.35. The second kappa shape index (κ2) is 13.9. The molecule has 2 rings (SSSR count). The van der Waals surface area contributed by atoms with Crippen molar-refractivity contribution >= 4 is 41.7 Å². The lowest BCUT2D eigenvalue weighted by Gasteiger charge is -2.19. The van der Waals surface area contributed by atoms with Crippen molar-refractivity contribution in [2.24, 2.45) is 18.0 Å². The number of hydrogen-bond donors (Lipinski definition) is 2. The van der Waals surface area contributed by atoms with Crippen molar-refractivity contribution in [3.63, 3.8) is 0 Å². The van der Waals surface area contributed by atoms with Crippen molar-refractivity contribution < 1.29 is 0 Å². The Hall–Kier alpha value is -1.29. The molecule has 0 spiro atoms. The number of guanidine groups is 1. The molecule has 0 aliphatic carbocycles. The van der Waals surface area contributed by atoms with Crippen LogP contribution in [0.25, 0.3) is 0 Å². The molecule has 168 valence electrons. The Kier molecular flexibility index (Phi) is 12.4.